The predicted octanol–water partition coefficient (Wildman–Crippen LogP) is 1.69. The van der Waals surface area contributed by atoms with Gasteiger partial charge < -0.3 is 25.7 Å². The van der Waals surface area contributed by atoms with Crippen molar-refractivity contribution in [2.45, 2.75) is 24.8 Å². The number of aromatic nitrogens is 5. The number of fused-ring (bicyclic) bond motifs is 1. The summed E-state index contributed by atoms with van der Waals surface area (Å²) in [6, 6.07) is 6.04. The van der Waals surface area contributed by atoms with Gasteiger partial charge in [-0.1, -0.05) is 0 Å². The Hall–Kier alpha value is -4.48. The van der Waals surface area contributed by atoms with Gasteiger partial charge in [0.2, 0.25) is 0 Å². The lowest BCUT2D eigenvalue weighted by atomic mass is 9.97. The number of nitrogens with zero attached hydrogens (tertiary/aromatic N) is 6. The van der Waals surface area contributed by atoms with Crippen molar-refractivity contribution >= 4 is 40.4 Å². The van der Waals surface area contributed by atoms with Gasteiger partial charge in [-0.2, -0.15) is 10.1 Å². The maximum Gasteiger partial charge on any atom is 0.298 e. The van der Waals surface area contributed by atoms with E-state index in [0.717, 1.165) is 12.8 Å². The average molecular weight is 473 g/mol. The molecular formula is C23H23N9O3. The first-order valence-corrected chi connectivity index (χ1v) is 11.3. The Balaban J connectivity index is 1.15. The van der Waals surface area contributed by atoms with E-state index in [4.69, 9.17) is 10.2 Å². The number of oxazole rings is 1. The van der Waals surface area contributed by atoms with E-state index in [1.54, 1.807) is 48.5 Å². The van der Waals surface area contributed by atoms with Crippen molar-refractivity contribution in [1.82, 2.24) is 30.0 Å². The highest BCUT2D eigenvalue weighted by molar-refractivity contribution is 5.97. The lowest BCUT2D eigenvalue weighted by Crippen LogP contribution is -2.45. The lowest BCUT2D eigenvalue weighted by molar-refractivity contribution is 0.0949. The number of amides is 2. The fourth-order valence-corrected chi connectivity index (χ4v) is 3.99. The number of carbonyl (C=O) groups excluding carboxylic acids is 2. The van der Waals surface area contributed by atoms with E-state index >= 15 is 0 Å². The standard InChI is InChI=1S/C23H23N9O3/c1-31-11-15(7-26-31)27-21-19(20(24)33)29-17(8-25-21)13-9-32(10-13)23-30-16-5-2-12(6-18(16)35-23)22(34)28-14-3-4-14/h2,5-8,11,13-14H,3-4,9-10H2,1H3,(H2,24,33)(H,25,27)(H,28,34). The summed E-state index contributed by atoms with van der Waals surface area (Å²) >= 11 is 0. The van der Waals surface area contributed by atoms with Gasteiger partial charge in [-0.15, -0.1) is 0 Å². The minimum Gasteiger partial charge on any atom is -0.423 e. The highest BCUT2D eigenvalue weighted by Gasteiger charge is 2.33. The summed E-state index contributed by atoms with van der Waals surface area (Å²) in [5.74, 6) is -0.433. The summed E-state index contributed by atoms with van der Waals surface area (Å²) in [4.78, 5) is 39.7. The summed E-state index contributed by atoms with van der Waals surface area (Å²) in [6.45, 7) is 1.20. The SMILES string of the molecule is Cn1cc(Nc2ncc(C3CN(c4nc5ccc(C(=O)NC6CC6)cc5o4)C3)nc2C(N)=O)cn1. The molecule has 0 atom stereocenters. The topological polar surface area (TPSA) is 157 Å². The molecule has 6 rings (SSSR count). The van der Waals surface area contributed by atoms with Crippen LogP contribution in [0.15, 0.2) is 41.2 Å². The predicted molar refractivity (Wildman–Crippen MR) is 126 cm³/mol. The molecule has 2 fully saturated rings. The van der Waals surface area contributed by atoms with Gasteiger partial charge in [0.25, 0.3) is 17.8 Å². The van der Waals surface area contributed by atoms with Crippen molar-refractivity contribution in [3.05, 3.63) is 53.7 Å². The molecule has 1 saturated carbocycles. The number of rotatable bonds is 7. The maximum atomic E-state index is 12.3. The molecular weight excluding hydrogens is 450 g/mol. The van der Waals surface area contributed by atoms with E-state index in [1.807, 2.05) is 4.90 Å². The fourth-order valence-electron chi connectivity index (χ4n) is 3.99. The number of nitrogens with two attached hydrogens (primary N) is 1. The fraction of sp³-hybridized carbons (Fsp3) is 0.304. The third-order valence-corrected chi connectivity index (χ3v) is 6.11. The average Bonchev–Trinajstić information content (AvgIpc) is 3.37. The highest BCUT2D eigenvalue weighted by Crippen LogP contribution is 2.33. The Labute approximate surface area is 199 Å². The Kier molecular flexibility index (Phi) is 4.87. The molecule has 4 aromatic rings. The van der Waals surface area contributed by atoms with Crippen LogP contribution in [0.5, 0.6) is 0 Å². The van der Waals surface area contributed by atoms with Crippen molar-refractivity contribution in [3.63, 3.8) is 0 Å². The van der Waals surface area contributed by atoms with Gasteiger partial charge in [0.05, 0.1) is 23.8 Å². The third kappa shape index (κ3) is 4.14. The molecule has 0 spiro atoms. The quantitative estimate of drug-likeness (QED) is 0.363. The lowest BCUT2D eigenvalue weighted by Gasteiger charge is -2.37. The second kappa shape index (κ2) is 8.08. The first-order chi connectivity index (χ1) is 16.9. The normalized spacial score (nSPS) is 15.7. The summed E-state index contributed by atoms with van der Waals surface area (Å²) in [5, 5.41) is 10.1. The summed E-state index contributed by atoms with van der Waals surface area (Å²) in [6.07, 6.45) is 7.08. The molecule has 12 heteroatoms. The van der Waals surface area contributed by atoms with E-state index in [9.17, 15) is 9.59 Å². The molecule has 0 radical (unpaired) electrons. The molecule has 2 aliphatic rings. The van der Waals surface area contributed by atoms with Crippen molar-refractivity contribution in [1.29, 1.82) is 0 Å². The zero-order valence-electron chi connectivity index (χ0n) is 18.9. The van der Waals surface area contributed by atoms with Crippen molar-refractivity contribution in [2.24, 2.45) is 12.8 Å². The number of benzene rings is 1. The van der Waals surface area contributed by atoms with Crippen LogP contribution in [-0.4, -0.2) is 55.7 Å². The number of carbonyl (C=O) groups is 2. The molecule has 35 heavy (non-hydrogen) atoms. The molecule has 4 N–H and O–H groups in total. The van der Waals surface area contributed by atoms with Crippen LogP contribution in [0, 0.1) is 0 Å². The van der Waals surface area contributed by atoms with E-state index < -0.39 is 5.91 Å². The molecule has 4 heterocycles. The summed E-state index contributed by atoms with van der Waals surface area (Å²) < 4.78 is 7.56. The molecule has 1 aliphatic carbocycles. The molecule has 3 aromatic heterocycles. The zero-order chi connectivity index (χ0) is 24.1. The molecule has 0 bridgehead atoms. The van der Waals surface area contributed by atoms with Crippen molar-refractivity contribution < 1.29 is 14.0 Å². The van der Waals surface area contributed by atoms with Crippen LogP contribution < -0.4 is 21.3 Å². The van der Waals surface area contributed by atoms with Gasteiger partial charge in [-0.05, 0) is 31.0 Å². The summed E-state index contributed by atoms with van der Waals surface area (Å²) in [5.41, 5.74) is 8.79. The second-order valence-corrected chi connectivity index (χ2v) is 8.91. The van der Waals surface area contributed by atoms with Crippen molar-refractivity contribution in [3.8, 4) is 0 Å². The van der Waals surface area contributed by atoms with Crippen LogP contribution >= 0.6 is 0 Å². The minimum absolute atomic E-state index is 0.0444. The van der Waals surface area contributed by atoms with Gasteiger partial charge >= 0.3 is 0 Å². The van der Waals surface area contributed by atoms with Gasteiger partial charge in [-0.25, -0.2) is 9.97 Å². The smallest absolute Gasteiger partial charge is 0.298 e. The monoisotopic (exact) mass is 473 g/mol. The molecule has 12 nitrogen and oxygen atoms in total. The second-order valence-electron chi connectivity index (χ2n) is 8.91. The minimum atomic E-state index is -0.664. The first-order valence-electron chi connectivity index (χ1n) is 11.3. The number of nitrogens with one attached hydrogen (secondary N) is 2. The van der Waals surface area contributed by atoms with E-state index in [-0.39, 0.29) is 23.3 Å². The van der Waals surface area contributed by atoms with E-state index in [2.05, 4.69) is 30.7 Å². The maximum absolute atomic E-state index is 12.3. The number of aryl methyl sites for hydroxylation is 1. The van der Waals surface area contributed by atoms with Gasteiger partial charge in [0.1, 0.15) is 5.52 Å². The highest BCUT2D eigenvalue weighted by atomic mass is 16.4. The van der Waals surface area contributed by atoms with E-state index in [0.29, 0.717) is 53.2 Å². The molecule has 1 aliphatic heterocycles. The van der Waals surface area contributed by atoms with Crippen LogP contribution in [0.2, 0.25) is 0 Å². The largest absolute Gasteiger partial charge is 0.423 e. The molecule has 178 valence electrons. The Bertz CT molecular complexity index is 1450. The van der Waals surface area contributed by atoms with Crippen LogP contribution in [0.4, 0.5) is 17.5 Å². The van der Waals surface area contributed by atoms with Gasteiger partial charge in [-0.3, -0.25) is 14.3 Å². The van der Waals surface area contributed by atoms with E-state index in [1.165, 1.54) is 0 Å². The van der Waals surface area contributed by atoms with Gasteiger partial charge in [0, 0.05) is 43.9 Å². The molecule has 0 unspecified atom stereocenters. The zero-order valence-corrected chi connectivity index (χ0v) is 18.9. The van der Waals surface area contributed by atoms with Crippen molar-refractivity contribution in [2.75, 3.05) is 23.3 Å². The number of primary amides is 1. The Morgan fingerprint density at radius 3 is 2.71 bits per heavy atom. The van der Waals surface area contributed by atoms with Crippen LogP contribution in [0.3, 0.4) is 0 Å². The Morgan fingerprint density at radius 1 is 1.17 bits per heavy atom. The number of anilines is 3. The first kappa shape index (κ1) is 21.1. The number of hydrogen-bond donors (Lipinski definition) is 3. The molecule has 2 amide bonds. The molecule has 1 saturated heterocycles. The number of hydrogen-bond acceptors (Lipinski definition) is 9. The van der Waals surface area contributed by atoms with Crippen LogP contribution in [0.25, 0.3) is 11.1 Å². The summed E-state index contributed by atoms with van der Waals surface area (Å²) in [7, 11) is 1.79. The third-order valence-electron chi connectivity index (χ3n) is 6.11. The molecule has 1 aromatic carbocycles. The van der Waals surface area contributed by atoms with Crippen LogP contribution in [-0.2, 0) is 7.05 Å². The Morgan fingerprint density at radius 2 is 2.00 bits per heavy atom. The van der Waals surface area contributed by atoms with Gasteiger partial charge in [0.15, 0.2) is 17.1 Å². The van der Waals surface area contributed by atoms with Crippen LogP contribution in [0.1, 0.15) is 45.3 Å².